The highest BCUT2D eigenvalue weighted by Crippen LogP contribution is 2.37. The van der Waals surface area contributed by atoms with E-state index in [4.69, 9.17) is 26.8 Å². The molecule has 194 valence electrons. The van der Waals surface area contributed by atoms with Gasteiger partial charge in [0.15, 0.2) is 0 Å². The summed E-state index contributed by atoms with van der Waals surface area (Å²) in [4.78, 5) is 21.5. The number of halogens is 4. The van der Waals surface area contributed by atoms with Crippen molar-refractivity contribution in [2.75, 3.05) is 17.3 Å². The van der Waals surface area contributed by atoms with Crippen LogP contribution in [0.15, 0.2) is 49.3 Å². The molecule has 0 aliphatic rings. The van der Waals surface area contributed by atoms with Gasteiger partial charge in [0.05, 0.1) is 23.4 Å². The molecule has 0 amide bonds. The Kier molecular flexibility index (Phi) is 9.64. The van der Waals surface area contributed by atoms with Gasteiger partial charge in [-0.05, 0) is 34.3 Å². The summed E-state index contributed by atoms with van der Waals surface area (Å²) >= 11 is 5.82. The highest BCUT2D eigenvalue weighted by molar-refractivity contribution is 9.10. The summed E-state index contributed by atoms with van der Waals surface area (Å²) in [6.07, 6.45) is 0.921. The SMILES string of the molecule is CSc1sc(C(=N)N)cc1S(=O)(=O)c1cnc(NCc2cncnc2N)c(Br)c1.O=C(O)C(F)(F)F. The number of sulfone groups is 1. The van der Waals surface area contributed by atoms with Crippen LogP contribution in [0.4, 0.5) is 24.8 Å². The molecule has 0 fully saturated rings. The molecule has 0 aromatic carbocycles. The number of alkyl halides is 3. The topological polar surface area (TPSA) is 198 Å². The lowest BCUT2D eigenvalue weighted by Gasteiger charge is -2.10. The van der Waals surface area contributed by atoms with E-state index in [0.717, 1.165) is 0 Å². The maximum Gasteiger partial charge on any atom is 0.490 e. The van der Waals surface area contributed by atoms with Gasteiger partial charge in [0.1, 0.15) is 23.8 Å². The second-order valence-electron chi connectivity index (χ2n) is 6.47. The summed E-state index contributed by atoms with van der Waals surface area (Å²) in [6, 6.07) is 2.90. The minimum atomic E-state index is -5.08. The third-order valence-electron chi connectivity index (χ3n) is 4.04. The number of carbonyl (C=O) groups is 1. The Morgan fingerprint density at radius 1 is 1.31 bits per heavy atom. The first kappa shape index (κ1) is 29.3. The molecule has 36 heavy (non-hydrogen) atoms. The summed E-state index contributed by atoms with van der Waals surface area (Å²) in [5.41, 5.74) is 12.0. The number of nitrogens with zero attached hydrogens (tertiary/aromatic N) is 3. The van der Waals surface area contributed by atoms with Crippen LogP contribution in [0.5, 0.6) is 0 Å². The fraction of sp³-hybridized carbons (Fsp3) is 0.167. The maximum absolute atomic E-state index is 13.1. The average molecular weight is 628 g/mol. The van der Waals surface area contributed by atoms with Crippen molar-refractivity contribution in [2.24, 2.45) is 5.73 Å². The van der Waals surface area contributed by atoms with Gasteiger partial charge in [0.25, 0.3) is 0 Å². The summed E-state index contributed by atoms with van der Waals surface area (Å²) < 4.78 is 59.0. The first-order valence-corrected chi connectivity index (χ1v) is 13.5. The molecule has 0 spiro atoms. The van der Waals surface area contributed by atoms with E-state index in [9.17, 15) is 21.6 Å². The number of anilines is 2. The number of aromatic nitrogens is 3. The number of carboxylic acid groups (broad SMARTS) is 1. The van der Waals surface area contributed by atoms with Gasteiger partial charge in [-0.2, -0.15) is 13.2 Å². The highest BCUT2D eigenvalue weighted by atomic mass is 79.9. The van der Waals surface area contributed by atoms with Crippen LogP contribution in [-0.2, 0) is 21.2 Å². The number of amidine groups is 1. The van der Waals surface area contributed by atoms with E-state index < -0.39 is 22.0 Å². The molecular weight excluding hydrogens is 611 g/mol. The Balaban J connectivity index is 0.000000572. The van der Waals surface area contributed by atoms with Gasteiger partial charge in [-0.15, -0.1) is 23.1 Å². The van der Waals surface area contributed by atoms with Crippen LogP contribution < -0.4 is 16.8 Å². The molecule has 3 aromatic heterocycles. The number of nitrogens with one attached hydrogen (secondary N) is 2. The molecule has 3 rings (SSSR count). The van der Waals surface area contributed by atoms with Crippen LogP contribution in [0, 0.1) is 5.41 Å². The Bertz CT molecular complexity index is 1380. The summed E-state index contributed by atoms with van der Waals surface area (Å²) in [6.45, 7) is 0.327. The average Bonchev–Trinajstić information content (AvgIpc) is 3.25. The molecule has 0 aliphatic carbocycles. The number of nitrogen functional groups attached to an aromatic ring is 2. The minimum absolute atomic E-state index is 0.0284. The zero-order valence-corrected chi connectivity index (χ0v) is 22.0. The molecule has 0 aliphatic heterocycles. The van der Waals surface area contributed by atoms with Crippen molar-refractivity contribution in [1.29, 1.82) is 5.41 Å². The lowest BCUT2D eigenvalue weighted by Crippen LogP contribution is -2.21. The van der Waals surface area contributed by atoms with Crippen LogP contribution in [0.25, 0.3) is 0 Å². The monoisotopic (exact) mass is 627 g/mol. The van der Waals surface area contributed by atoms with Gasteiger partial charge in [-0.3, -0.25) is 5.41 Å². The van der Waals surface area contributed by atoms with Crippen molar-refractivity contribution in [2.45, 2.75) is 26.7 Å². The number of hydrogen-bond acceptors (Lipinski definition) is 11. The minimum Gasteiger partial charge on any atom is -0.475 e. The first-order valence-electron chi connectivity index (χ1n) is 9.19. The zero-order valence-electron chi connectivity index (χ0n) is 18.0. The zero-order chi connectivity index (χ0) is 27.3. The molecular formula is C18H17BrF3N7O4S3. The van der Waals surface area contributed by atoms with Gasteiger partial charge < -0.3 is 21.9 Å². The Labute approximate surface area is 219 Å². The van der Waals surface area contributed by atoms with Gasteiger partial charge in [-0.25, -0.2) is 28.2 Å². The predicted octanol–water partition coefficient (Wildman–Crippen LogP) is 3.36. The van der Waals surface area contributed by atoms with Crippen molar-refractivity contribution in [3.05, 3.63) is 45.8 Å². The van der Waals surface area contributed by atoms with Crippen molar-refractivity contribution in [3.63, 3.8) is 0 Å². The number of pyridine rings is 1. The largest absolute Gasteiger partial charge is 0.490 e. The second-order valence-corrected chi connectivity index (χ2v) is 11.4. The maximum atomic E-state index is 13.1. The fourth-order valence-electron chi connectivity index (χ4n) is 2.33. The van der Waals surface area contributed by atoms with E-state index in [-0.39, 0.29) is 15.6 Å². The van der Waals surface area contributed by atoms with Gasteiger partial charge in [-0.1, -0.05) is 0 Å². The molecule has 3 heterocycles. The van der Waals surface area contributed by atoms with Crippen LogP contribution in [0.3, 0.4) is 0 Å². The van der Waals surface area contributed by atoms with Crippen molar-refractivity contribution < 1.29 is 31.5 Å². The van der Waals surface area contributed by atoms with Gasteiger partial charge in [0, 0.05) is 24.5 Å². The van der Waals surface area contributed by atoms with E-state index in [1.165, 1.54) is 47.8 Å². The molecule has 3 aromatic rings. The molecule has 0 atom stereocenters. The normalized spacial score (nSPS) is 11.4. The van der Waals surface area contributed by atoms with Crippen LogP contribution >= 0.6 is 39.0 Å². The summed E-state index contributed by atoms with van der Waals surface area (Å²) in [7, 11) is -3.83. The van der Waals surface area contributed by atoms with E-state index >= 15 is 0 Å². The van der Waals surface area contributed by atoms with Crippen LogP contribution in [-0.4, -0.2) is 52.7 Å². The smallest absolute Gasteiger partial charge is 0.475 e. The lowest BCUT2D eigenvalue weighted by atomic mass is 10.3. The number of carboxylic acids is 1. The molecule has 0 unspecified atom stereocenters. The summed E-state index contributed by atoms with van der Waals surface area (Å²) in [5, 5.41) is 17.8. The third-order valence-corrected chi connectivity index (χ3v) is 8.96. The predicted molar refractivity (Wildman–Crippen MR) is 132 cm³/mol. The van der Waals surface area contributed by atoms with E-state index in [0.29, 0.717) is 37.3 Å². The number of thiophene rings is 1. The molecule has 0 radical (unpaired) electrons. The lowest BCUT2D eigenvalue weighted by molar-refractivity contribution is -0.192. The Morgan fingerprint density at radius 3 is 2.44 bits per heavy atom. The molecule has 0 saturated carbocycles. The van der Waals surface area contributed by atoms with Gasteiger partial charge in [0.2, 0.25) is 9.84 Å². The number of hydrogen-bond donors (Lipinski definition) is 5. The molecule has 7 N–H and O–H groups in total. The quantitative estimate of drug-likeness (QED) is 0.146. The highest BCUT2D eigenvalue weighted by Gasteiger charge is 2.38. The van der Waals surface area contributed by atoms with Crippen LogP contribution in [0.2, 0.25) is 0 Å². The molecule has 0 bridgehead atoms. The fourth-order valence-corrected chi connectivity index (χ4v) is 6.80. The number of thioether (sulfide) groups is 1. The number of aliphatic carboxylic acids is 1. The standard InChI is InChI=1S/C16H16BrN7O2S3.C2HF3O2/c1-27-16-12(3-11(28-16)13(18)19)29(25,26)9-2-10(17)15(23-6-9)22-5-8-4-21-7-24-14(8)20;3-2(4,5)1(6)7/h2-4,6-7H,5H2,1H3,(H3,18,19)(H,22,23)(H2,20,21,24);(H,6,7). The summed E-state index contributed by atoms with van der Waals surface area (Å²) in [5.74, 6) is -2.12. The second kappa shape index (κ2) is 11.8. The number of rotatable bonds is 7. The van der Waals surface area contributed by atoms with Gasteiger partial charge >= 0.3 is 12.1 Å². The Morgan fingerprint density at radius 2 is 1.94 bits per heavy atom. The van der Waals surface area contributed by atoms with E-state index in [2.05, 4.69) is 36.2 Å². The Hall–Kier alpha value is -2.96. The van der Waals surface area contributed by atoms with Crippen molar-refractivity contribution in [1.82, 2.24) is 15.0 Å². The van der Waals surface area contributed by atoms with Crippen molar-refractivity contribution in [3.8, 4) is 0 Å². The van der Waals surface area contributed by atoms with Crippen molar-refractivity contribution >= 4 is 72.3 Å². The van der Waals surface area contributed by atoms with E-state index in [1.807, 2.05) is 0 Å². The van der Waals surface area contributed by atoms with E-state index in [1.54, 1.807) is 12.5 Å². The first-order chi connectivity index (χ1) is 16.7. The molecule has 11 nitrogen and oxygen atoms in total. The number of nitrogens with two attached hydrogens (primary N) is 2. The van der Waals surface area contributed by atoms with Crippen LogP contribution in [0.1, 0.15) is 10.4 Å². The molecule has 18 heteroatoms. The molecule has 0 saturated heterocycles. The third kappa shape index (κ3) is 7.28.